The van der Waals surface area contributed by atoms with Gasteiger partial charge in [0.25, 0.3) is 6.43 Å². The van der Waals surface area contributed by atoms with Crippen molar-refractivity contribution in [1.82, 2.24) is 15.2 Å². The fraction of sp³-hybridized carbons (Fsp3) is 0.727. The lowest BCUT2D eigenvalue weighted by molar-refractivity contribution is 0.0144. The number of hydrogen-bond donors (Lipinski definition) is 2. The molecule has 0 radical (unpaired) electrons. The molecule has 1 unspecified atom stereocenters. The molecule has 1 heterocycles. The summed E-state index contributed by atoms with van der Waals surface area (Å²) in [6, 6.07) is -0.00261. The van der Waals surface area contributed by atoms with Gasteiger partial charge in [-0.15, -0.1) is 0 Å². The first kappa shape index (κ1) is 15.0. The molecule has 1 rings (SSSR count). The number of ether oxygens (including phenoxy) is 1. The number of halogens is 2. The lowest BCUT2D eigenvalue weighted by atomic mass is 10.1. The van der Waals surface area contributed by atoms with Crippen molar-refractivity contribution in [3.05, 3.63) is 18.0 Å². The second-order valence-corrected chi connectivity index (χ2v) is 4.03. The quantitative estimate of drug-likeness (QED) is 0.395. The van der Waals surface area contributed by atoms with Crippen LogP contribution in [0.4, 0.5) is 8.78 Å². The van der Waals surface area contributed by atoms with Crippen LogP contribution in [0, 0.1) is 0 Å². The Bertz CT molecular complexity index is 333. The summed E-state index contributed by atoms with van der Waals surface area (Å²) in [5, 5.41) is 4.16. The van der Waals surface area contributed by atoms with Gasteiger partial charge in [-0.3, -0.25) is 16.0 Å². The zero-order chi connectivity index (χ0) is 13.4. The van der Waals surface area contributed by atoms with Gasteiger partial charge in [-0.05, 0) is 25.3 Å². The number of aryl methyl sites for hydroxylation is 1. The number of nitrogens with zero attached hydrogens (tertiary/aromatic N) is 2. The summed E-state index contributed by atoms with van der Waals surface area (Å²) in [6.07, 6.45) is 2.60. The van der Waals surface area contributed by atoms with Gasteiger partial charge < -0.3 is 4.74 Å². The van der Waals surface area contributed by atoms with Crippen LogP contribution in [0.2, 0.25) is 0 Å². The van der Waals surface area contributed by atoms with Gasteiger partial charge in [0, 0.05) is 25.4 Å². The van der Waals surface area contributed by atoms with E-state index in [0.29, 0.717) is 12.8 Å². The molecular formula is C11H20F2N4O. The highest BCUT2D eigenvalue weighted by molar-refractivity contribution is 5.06. The maximum Gasteiger partial charge on any atom is 0.261 e. The first-order valence-electron chi connectivity index (χ1n) is 5.99. The van der Waals surface area contributed by atoms with E-state index in [2.05, 4.69) is 10.5 Å². The van der Waals surface area contributed by atoms with E-state index in [-0.39, 0.29) is 12.6 Å². The number of rotatable bonds is 9. The minimum absolute atomic E-state index is 0.00261. The zero-order valence-electron chi connectivity index (χ0n) is 10.5. The van der Waals surface area contributed by atoms with Gasteiger partial charge in [0.05, 0.1) is 6.20 Å². The molecule has 0 aromatic carbocycles. The summed E-state index contributed by atoms with van der Waals surface area (Å²) in [5.74, 6) is 5.42. The molecule has 0 aliphatic rings. The van der Waals surface area contributed by atoms with Crippen LogP contribution >= 0.6 is 0 Å². The Balaban J connectivity index is 2.28. The van der Waals surface area contributed by atoms with E-state index in [9.17, 15) is 8.78 Å². The molecule has 1 aromatic rings. The Hall–Kier alpha value is -1.05. The van der Waals surface area contributed by atoms with E-state index in [0.717, 1.165) is 12.1 Å². The van der Waals surface area contributed by atoms with Crippen molar-refractivity contribution in [3.8, 4) is 0 Å². The maximum absolute atomic E-state index is 11.9. The highest BCUT2D eigenvalue weighted by atomic mass is 19.3. The van der Waals surface area contributed by atoms with E-state index in [1.54, 1.807) is 6.20 Å². The van der Waals surface area contributed by atoms with Crippen molar-refractivity contribution >= 4 is 0 Å². The molecule has 1 aromatic heterocycles. The monoisotopic (exact) mass is 262 g/mol. The Morgan fingerprint density at radius 3 is 2.89 bits per heavy atom. The first-order valence-corrected chi connectivity index (χ1v) is 5.99. The summed E-state index contributed by atoms with van der Waals surface area (Å²) < 4.78 is 30.4. The van der Waals surface area contributed by atoms with Crippen LogP contribution < -0.4 is 11.3 Å². The second kappa shape index (κ2) is 8.12. The zero-order valence-corrected chi connectivity index (χ0v) is 10.5. The van der Waals surface area contributed by atoms with Crippen molar-refractivity contribution in [3.63, 3.8) is 0 Å². The van der Waals surface area contributed by atoms with Gasteiger partial charge in [0.2, 0.25) is 0 Å². The third-order valence-electron chi connectivity index (χ3n) is 2.58. The predicted molar refractivity (Wildman–Crippen MR) is 64.2 cm³/mol. The van der Waals surface area contributed by atoms with Crippen molar-refractivity contribution in [1.29, 1.82) is 0 Å². The molecule has 0 spiro atoms. The molecule has 104 valence electrons. The minimum Gasteiger partial charge on any atom is -0.375 e. The van der Waals surface area contributed by atoms with Crippen molar-refractivity contribution in [2.45, 2.75) is 38.8 Å². The fourth-order valence-corrected chi connectivity index (χ4v) is 1.61. The summed E-state index contributed by atoms with van der Waals surface area (Å²) in [7, 11) is 0. The van der Waals surface area contributed by atoms with Gasteiger partial charge in [-0.2, -0.15) is 5.10 Å². The summed E-state index contributed by atoms with van der Waals surface area (Å²) >= 11 is 0. The lowest BCUT2D eigenvalue weighted by Crippen LogP contribution is -2.37. The SMILES string of the molecule is CCn1cc(CC(CCOCC(F)F)NN)cn1. The van der Waals surface area contributed by atoms with E-state index >= 15 is 0 Å². The molecule has 5 nitrogen and oxygen atoms in total. The fourth-order valence-electron chi connectivity index (χ4n) is 1.61. The van der Waals surface area contributed by atoms with Gasteiger partial charge >= 0.3 is 0 Å². The largest absolute Gasteiger partial charge is 0.375 e. The Morgan fingerprint density at radius 1 is 1.56 bits per heavy atom. The highest BCUT2D eigenvalue weighted by Gasteiger charge is 2.10. The lowest BCUT2D eigenvalue weighted by Gasteiger charge is -2.14. The Morgan fingerprint density at radius 2 is 2.33 bits per heavy atom. The van der Waals surface area contributed by atoms with Crippen LogP contribution in [-0.4, -0.2) is 35.5 Å². The van der Waals surface area contributed by atoms with Crippen LogP contribution in [0.15, 0.2) is 12.4 Å². The number of hydrazine groups is 1. The number of alkyl halides is 2. The van der Waals surface area contributed by atoms with Crippen LogP contribution in [-0.2, 0) is 17.7 Å². The molecule has 0 saturated heterocycles. The standard InChI is InChI=1S/C11H20F2N4O/c1-2-17-7-9(6-15-17)5-10(16-14)3-4-18-8-11(12)13/h6-7,10-11,16H,2-5,8,14H2,1H3. The molecule has 7 heteroatoms. The molecular weight excluding hydrogens is 242 g/mol. The summed E-state index contributed by atoms with van der Waals surface area (Å²) in [6.45, 7) is 2.57. The average Bonchev–Trinajstić information content (AvgIpc) is 2.80. The molecule has 3 N–H and O–H groups in total. The molecule has 1 atom stereocenters. The molecule has 0 bridgehead atoms. The van der Waals surface area contributed by atoms with E-state index < -0.39 is 13.0 Å². The van der Waals surface area contributed by atoms with E-state index in [4.69, 9.17) is 10.6 Å². The molecule has 0 aliphatic carbocycles. The van der Waals surface area contributed by atoms with Crippen LogP contribution in [0.1, 0.15) is 18.9 Å². The number of hydrogen-bond acceptors (Lipinski definition) is 4. The van der Waals surface area contributed by atoms with E-state index in [1.807, 2.05) is 17.8 Å². The van der Waals surface area contributed by atoms with Gasteiger partial charge in [-0.25, -0.2) is 8.78 Å². The minimum atomic E-state index is -2.42. The summed E-state index contributed by atoms with van der Waals surface area (Å²) in [5.41, 5.74) is 3.72. The molecule has 0 amide bonds. The van der Waals surface area contributed by atoms with E-state index in [1.165, 1.54) is 0 Å². The molecule has 18 heavy (non-hydrogen) atoms. The van der Waals surface area contributed by atoms with Crippen molar-refractivity contribution in [2.75, 3.05) is 13.2 Å². The molecule has 0 saturated carbocycles. The van der Waals surface area contributed by atoms with Gasteiger partial charge in [-0.1, -0.05) is 0 Å². The number of nitrogens with two attached hydrogens (primary N) is 1. The van der Waals surface area contributed by atoms with Gasteiger partial charge in [0.1, 0.15) is 6.61 Å². The molecule has 0 aliphatic heterocycles. The Kier molecular flexibility index (Phi) is 6.77. The van der Waals surface area contributed by atoms with Gasteiger partial charge in [0.15, 0.2) is 0 Å². The predicted octanol–water partition coefficient (Wildman–Crippen LogP) is 0.949. The van der Waals surface area contributed by atoms with Crippen LogP contribution in [0.3, 0.4) is 0 Å². The second-order valence-electron chi connectivity index (χ2n) is 4.03. The third-order valence-corrected chi connectivity index (χ3v) is 2.58. The van der Waals surface area contributed by atoms with Crippen LogP contribution in [0.5, 0.6) is 0 Å². The molecule has 0 fully saturated rings. The highest BCUT2D eigenvalue weighted by Crippen LogP contribution is 2.05. The normalized spacial score (nSPS) is 13.2. The maximum atomic E-state index is 11.9. The van der Waals surface area contributed by atoms with Crippen molar-refractivity contribution in [2.24, 2.45) is 5.84 Å². The van der Waals surface area contributed by atoms with Crippen molar-refractivity contribution < 1.29 is 13.5 Å². The smallest absolute Gasteiger partial charge is 0.261 e. The Labute approximate surface area is 105 Å². The average molecular weight is 262 g/mol. The first-order chi connectivity index (χ1) is 8.65. The van der Waals surface area contributed by atoms with Crippen LogP contribution in [0.25, 0.3) is 0 Å². The summed E-state index contributed by atoms with van der Waals surface area (Å²) in [4.78, 5) is 0. The number of aromatic nitrogens is 2. The topological polar surface area (TPSA) is 65.1 Å². The number of nitrogens with one attached hydrogen (secondary N) is 1. The third kappa shape index (κ3) is 5.52.